The summed E-state index contributed by atoms with van der Waals surface area (Å²) in [6.45, 7) is 0. The van der Waals surface area contributed by atoms with Crippen molar-refractivity contribution < 1.29 is 18.8 Å². The van der Waals surface area contributed by atoms with Crippen LogP contribution in [0, 0.1) is 0 Å². The molecule has 0 spiro atoms. The average Bonchev–Trinajstić information content (AvgIpc) is 3.29. The molecular weight excluding hydrogens is 366 g/mol. The zero-order valence-corrected chi connectivity index (χ0v) is 15.7. The number of hydrogen-bond donors (Lipinski definition) is 0. The Labute approximate surface area is 167 Å². The lowest BCUT2D eigenvalue weighted by molar-refractivity contribution is 0.0600. The molecule has 142 valence electrons. The number of benzene rings is 3. The van der Waals surface area contributed by atoms with E-state index in [0.717, 1.165) is 5.56 Å². The predicted molar refractivity (Wildman–Crippen MR) is 109 cm³/mol. The first-order chi connectivity index (χ1) is 14.2. The van der Waals surface area contributed by atoms with E-state index in [9.17, 15) is 9.59 Å². The van der Waals surface area contributed by atoms with Gasteiger partial charge in [-0.1, -0.05) is 71.9 Å². The number of carbonyl (C=O) groups is 2. The molecule has 1 aromatic heterocycles. The van der Waals surface area contributed by atoms with Crippen LogP contribution >= 0.6 is 0 Å². The minimum Gasteiger partial charge on any atom is -0.465 e. The number of rotatable bonds is 5. The molecule has 0 radical (unpaired) electrons. The standard InChI is InChI=1S/C24H17NO4/c1-28-24(27)18-13-11-17(12-14-18)23(26)20-10-6-5-9-19(20)21-15-22(29-25-21)16-7-3-2-4-8-16/h2-15H,1H3. The van der Waals surface area contributed by atoms with E-state index in [0.29, 0.717) is 33.7 Å². The number of esters is 1. The highest BCUT2D eigenvalue weighted by atomic mass is 16.5. The maximum absolute atomic E-state index is 13.1. The van der Waals surface area contributed by atoms with E-state index in [2.05, 4.69) is 5.16 Å². The number of aromatic nitrogens is 1. The van der Waals surface area contributed by atoms with Crippen molar-refractivity contribution >= 4 is 11.8 Å². The summed E-state index contributed by atoms with van der Waals surface area (Å²) in [6.07, 6.45) is 0. The fourth-order valence-corrected chi connectivity index (χ4v) is 3.08. The zero-order valence-electron chi connectivity index (χ0n) is 15.7. The van der Waals surface area contributed by atoms with E-state index < -0.39 is 5.97 Å². The normalized spacial score (nSPS) is 10.5. The van der Waals surface area contributed by atoms with E-state index in [-0.39, 0.29) is 5.78 Å². The molecule has 5 nitrogen and oxygen atoms in total. The van der Waals surface area contributed by atoms with Crippen molar-refractivity contribution in [1.82, 2.24) is 5.16 Å². The van der Waals surface area contributed by atoms with Crippen molar-refractivity contribution in [2.75, 3.05) is 7.11 Å². The van der Waals surface area contributed by atoms with Gasteiger partial charge in [0.15, 0.2) is 11.5 Å². The van der Waals surface area contributed by atoms with Crippen LogP contribution < -0.4 is 0 Å². The van der Waals surface area contributed by atoms with E-state index in [1.54, 1.807) is 36.4 Å². The Bertz CT molecular complexity index is 1160. The van der Waals surface area contributed by atoms with Crippen molar-refractivity contribution in [1.29, 1.82) is 0 Å². The summed E-state index contributed by atoms with van der Waals surface area (Å²) >= 11 is 0. The maximum atomic E-state index is 13.1. The Morgan fingerprint density at radius 1 is 0.828 bits per heavy atom. The lowest BCUT2D eigenvalue weighted by Gasteiger charge is -2.07. The van der Waals surface area contributed by atoms with Crippen molar-refractivity contribution in [3.8, 4) is 22.6 Å². The van der Waals surface area contributed by atoms with Gasteiger partial charge in [0, 0.05) is 28.3 Å². The summed E-state index contributed by atoms with van der Waals surface area (Å²) in [6, 6.07) is 25.1. The molecule has 5 heteroatoms. The Kier molecular flexibility index (Phi) is 5.03. The van der Waals surface area contributed by atoms with Crippen molar-refractivity contribution in [2.24, 2.45) is 0 Å². The monoisotopic (exact) mass is 383 g/mol. The van der Waals surface area contributed by atoms with Gasteiger partial charge in [-0.05, 0) is 12.1 Å². The number of carbonyl (C=O) groups excluding carboxylic acids is 2. The van der Waals surface area contributed by atoms with Crippen LogP contribution in [-0.4, -0.2) is 24.0 Å². The molecule has 29 heavy (non-hydrogen) atoms. The second-order valence-electron chi connectivity index (χ2n) is 6.39. The molecule has 0 aliphatic carbocycles. The van der Waals surface area contributed by atoms with Gasteiger partial charge in [-0.25, -0.2) is 4.79 Å². The van der Waals surface area contributed by atoms with Gasteiger partial charge >= 0.3 is 5.97 Å². The molecule has 0 amide bonds. The molecule has 0 fully saturated rings. The van der Waals surface area contributed by atoms with Crippen LogP contribution in [0.25, 0.3) is 22.6 Å². The molecule has 4 rings (SSSR count). The Balaban J connectivity index is 1.68. The van der Waals surface area contributed by atoms with Gasteiger partial charge in [0.05, 0.1) is 12.7 Å². The summed E-state index contributed by atoms with van der Waals surface area (Å²) < 4.78 is 10.2. The van der Waals surface area contributed by atoms with E-state index in [4.69, 9.17) is 9.26 Å². The molecule has 0 aliphatic heterocycles. The molecule has 0 saturated heterocycles. The van der Waals surface area contributed by atoms with Crippen molar-refractivity contribution in [2.45, 2.75) is 0 Å². The first-order valence-electron chi connectivity index (χ1n) is 9.02. The van der Waals surface area contributed by atoms with Crippen molar-refractivity contribution in [3.05, 3.63) is 102 Å². The highest BCUT2D eigenvalue weighted by molar-refractivity contribution is 6.13. The summed E-state index contributed by atoms with van der Waals surface area (Å²) in [5.74, 6) is 0.0204. The van der Waals surface area contributed by atoms with Crippen LogP contribution in [0.3, 0.4) is 0 Å². The van der Waals surface area contributed by atoms with Gasteiger partial charge < -0.3 is 9.26 Å². The predicted octanol–water partition coefficient (Wildman–Crippen LogP) is 5.03. The minimum atomic E-state index is -0.444. The smallest absolute Gasteiger partial charge is 0.337 e. The Morgan fingerprint density at radius 2 is 1.48 bits per heavy atom. The molecule has 1 heterocycles. The molecule has 0 saturated carbocycles. The van der Waals surface area contributed by atoms with Crippen LogP contribution in [-0.2, 0) is 4.74 Å². The average molecular weight is 383 g/mol. The molecule has 0 N–H and O–H groups in total. The molecule has 0 aliphatic rings. The van der Waals surface area contributed by atoms with Crippen LogP contribution in [0.5, 0.6) is 0 Å². The number of nitrogens with zero attached hydrogens (tertiary/aromatic N) is 1. The van der Waals surface area contributed by atoms with Crippen LogP contribution in [0.15, 0.2) is 89.5 Å². The number of ether oxygens (including phenoxy) is 1. The second kappa shape index (κ2) is 7.94. The molecular formula is C24H17NO4. The quantitative estimate of drug-likeness (QED) is 0.357. The minimum absolute atomic E-state index is 0.165. The largest absolute Gasteiger partial charge is 0.465 e. The third kappa shape index (κ3) is 3.71. The fraction of sp³-hybridized carbons (Fsp3) is 0.0417. The molecule has 0 bridgehead atoms. The summed E-state index contributed by atoms with van der Waals surface area (Å²) in [4.78, 5) is 24.7. The van der Waals surface area contributed by atoms with Gasteiger partial charge in [-0.15, -0.1) is 0 Å². The van der Waals surface area contributed by atoms with Crippen molar-refractivity contribution in [3.63, 3.8) is 0 Å². The second-order valence-corrected chi connectivity index (χ2v) is 6.39. The first-order valence-corrected chi connectivity index (χ1v) is 9.02. The lowest BCUT2D eigenvalue weighted by Crippen LogP contribution is -2.05. The van der Waals surface area contributed by atoms with Crippen LogP contribution in [0.4, 0.5) is 0 Å². The van der Waals surface area contributed by atoms with Crippen LogP contribution in [0.2, 0.25) is 0 Å². The number of ketones is 1. The molecule has 0 atom stereocenters. The number of methoxy groups -OCH3 is 1. The maximum Gasteiger partial charge on any atom is 0.337 e. The van der Waals surface area contributed by atoms with Crippen LogP contribution in [0.1, 0.15) is 26.3 Å². The highest BCUT2D eigenvalue weighted by Gasteiger charge is 2.18. The fourth-order valence-electron chi connectivity index (χ4n) is 3.08. The summed E-state index contributed by atoms with van der Waals surface area (Å²) in [5, 5.41) is 4.16. The summed E-state index contributed by atoms with van der Waals surface area (Å²) in [7, 11) is 1.32. The van der Waals surface area contributed by atoms with Gasteiger partial charge in [-0.3, -0.25) is 4.79 Å². The SMILES string of the molecule is COC(=O)c1ccc(C(=O)c2ccccc2-c2cc(-c3ccccc3)on2)cc1. The topological polar surface area (TPSA) is 69.4 Å². The first kappa shape index (κ1) is 18.4. The molecule has 4 aromatic rings. The Hall–Kier alpha value is -3.99. The highest BCUT2D eigenvalue weighted by Crippen LogP contribution is 2.29. The summed E-state index contributed by atoms with van der Waals surface area (Å²) in [5.41, 5.74) is 3.54. The van der Waals surface area contributed by atoms with Gasteiger partial charge in [0.2, 0.25) is 0 Å². The lowest BCUT2D eigenvalue weighted by atomic mass is 9.96. The van der Waals surface area contributed by atoms with Gasteiger partial charge in [-0.2, -0.15) is 0 Å². The van der Waals surface area contributed by atoms with E-state index in [1.165, 1.54) is 7.11 Å². The van der Waals surface area contributed by atoms with Gasteiger partial charge in [0.25, 0.3) is 0 Å². The van der Waals surface area contributed by atoms with Gasteiger partial charge in [0.1, 0.15) is 5.69 Å². The van der Waals surface area contributed by atoms with E-state index >= 15 is 0 Å². The zero-order chi connectivity index (χ0) is 20.2. The third-order valence-corrected chi connectivity index (χ3v) is 4.58. The molecule has 3 aromatic carbocycles. The Morgan fingerprint density at radius 3 is 2.21 bits per heavy atom. The molecule has 0 unspecified atom stereocenters. The number of hydrogen-bond acceptors (Lipinski definition) is 5. The van der Waals surface area contributed by atoms with E-state index in [1.807, 2.05) is 48.5 Å². The third-order valence-electron chi connectivity index (χ3n) is 4.58.